The molecule has 0 bridgehead atoms. The number of hydrogen-bond donors (Lipinski definition) is 3. The summed E-state index contributed by atoms with van der Waals surface area (Å²) in [6.45, 7) is 5.61. The maximum absolute atomic E-state index is 15.0. The van der Waals surface area contributed by atoms with Gasteiger partial charge in [-0.2, -0.15) is 0 Å². The first-order valence-electron chi connectivity index (χ1n) is 11.2. The molecule has 3 heterocycles. The van der Waals surface area contributed by atoms with Gasteiger partial charge in [0.25, 0.3) is 11.8 Å². The van der Waals surface area contributed by atoms with Crippen LogP contribution in [0.4, 0.5) is 15.8 Å². The number of amides is 2. The van der Waals surface area contributed by atoms with Crippen molar-refractivity contribution >= 4 is 28.8 Å². The summed E-state index contributed by atoms with van der Waals surface area (Å²) in [6.07, 6.45) is 4.66. The molecular formula is C26H25FN4O3. The zero-order valence-electron chi connectivity index (χ0n) is 18.9. The lowest BCUT2D eigenvalue weighted by atomic mass is 9.92. The minimum Gasteiger partial charge on any atom is -0.472 e. The Hall–Kier alpha value is -3.91. The van der Waals surface area contributed by atoms with Crippen LogP contribution in [0.15, 0.2) is 65.6 Å². The molecule has 3 N–H and O–H groups in total. The van der Waals surface area contributed by atoms with Gasteiger partial charge in [-0.15, -0.1) is 0 Å². The number of anilines is 2. The minimum absolute atomic E-state index is 0.269. The van der Waals surface area contributed by atoms with Gasteiger partial charge >= 0.3 is 0 Å². The summed E-state index contributed by atoms with van der Waals surface area (Å²) < 4.78 is 20.1. The highest BCUT2D eigenvalue weighted by Crippen LogP contribution is 2.31. The molecule has 2 aliphatic rings. The van der Waals surface area contributed by atoms with E-state index in [1.54, 1.807) is 48.9 Å². The lowest BCUT2D eigenvalue weighted by Crippen LogP contribution is -2.54. The molecule has 1 fully saturated rings. The van der Waals surface area contributed by atoms with Crippen molar-refractivity contribution in [3.8, 4) is 11.1 Å². The Kier molecular flexibility index (Phi) is 5.67. The number of imide groups is 1. The number of fused-ring (bicyclic) bond motifs is 1. The molecule has 2 atom stereocenters. The number of nitrogens with one attached hydrogen (secondary N) is 3. The summed E-state index contributed by atoms with van der Waals surface area (Å²) in [7, 11) is 0. The number of piperazine rings is 1. The monoisotopic (exact) mass is 460 g/mol. The number of carbonyl (C=O) groups excluding carboxylic acids is 2. The Morgan fingerprint density at radius 2 is 1.79 bits per heavy atom. The zero-order valence-corrected chi connectivity index (χ0v) is 18.9. The molecule has 1 saturated heterocycles. The van der Waals surface area contributed by atoms with Crippen molar-refractivity contribution in [1.29, 1.82) is 0 Å². The van der Waals surface area contributed by atoms with Gasteiger partial charge in [0.05, 0.1) is 23.8 Å². The van der Waals surface area contributed by atoms with Gasteiger partial charge < -0.3 is 20.0 Å². The number of rotatable bonds is 4. The fourth-order valence-electron chi connectivity index (χ4n) is 4.61. The van der Waals surface area contributed by atoms with Crippen molar-refractivity contribution in [3.05, 3.63) is 78.1 Å². The largest absolute Gasteiger partial charge is 0.472 e. The van der Waals surface area contributed by atoms with E-state index < -0.39 is 11.8 Å². The number of benzene rings is 2. The molecular weight excluding hydrogens is 435 g/mol. The van der Waals surface area contributed by atoms with Crippen molar-refractivity contribution in [2.24, 2.45) is 0 Å². The van der Waals surface area contributed by atoms with E-state index in [-0.39, 0.29) is 23.5 Å². The fourth-order valence-corrected chi connectivity index (χ4v) is 4.61. The predicted molar refractivity (Wildman–Crippen MR) is 129 cm³/mol. The molecule has 1 aromatic heterocycles. The third kappa shape index (κ3) is 4.20. The maximum Gasteiger partial charge on any atom is 0.260 e. The second-order valence-corrected chi connectivity index (χ2v) is 8.80. The van der Waals surface area contributed by atoms with Gasteiger partial charge in [-0.25, -0.2) is 4.39 Å². The average Bonchev–Trinajstić information content (AvgIpc) is 3.33. The van der Waals surface area contributed by atoms with E-state index >= 15 is 0 Å². The van der Waals surface area contributed by atoms with Crippen molar-refractivity contribution in [1.82, 2.24) is 10.6 Å². The average molecular weight is 461 g/mol. The van der Waals surface area contributed by atoms with E-state index in [0.29, 0.717) is 22.5 Å². The minimum atomic E-state index is -0.518. The molecule has 0 aliphatic carbocycles. The van der Waals surface area contributed by atoms with Crippen molar-refractivity contribution in [2.75, 3.05) is 23.3 Å². The number of furan rings is 1. The van der Waals surface area contributed by atoms with E-state index in [0.717, 1.165) is 24.2 Å². The topological polar surface area (TPSA) is 86.6 Å². The van der Waals surface area contributed by atoms with E-state index in [1.165, 1.54) is 12.3 Å². The smallest absolute Gasteiger partial charge is 0.260 e. The van der Waals surface area contributed by atoms with Gasteiger partial charge in [0.2, 0.25) is 0 Å². The highest BCUT2D eigenvalue weighted by molar-refractivity contribution is 6.31. The van der Waals surface area contributed by atoms with Crippen LogP contribution in [0, 0.1) is 5.82 Å². The predicted octanol–water partition coefficient (Wildman–Crippen LogP) is 4.00. The molecule has 0 spiro atoms. The molecule has 2 amide bonds. The Balaban J connectivity index is 1.43. The fraction of sp³-hybridized carbons (Fsp3) is 0.231. The van der Waals surface area contributed by atoms with Gasteiger partial charge in [-0.05, 0) is 55.8 Å². The third-order valence-electron chi connectivity index (χ3n) is 6.11. The first-order chi connectivity index (χ1) is 16.4. The highest BCUT2D eigenvalue weighted by Gasteiger charge is 2.28. The molecule has 8 heteroatoms. The number of hydrogen-bond acceptors (Lipinski definition) is 6. The van der Waals surface area contributed by atoms with Crippen molar-refractivity contribution < 1.29 is 18.4 Å². The lowest BCUT2D eigenvalue weighted by molar-refractivity contribution is -0.114. The standard InChI is InChI=1S/C26H25FN4O3/c1-15-12-31(13-16(2)29-15)24-6-4-19(10-23(24)27)28-11-22-21-9-17(18-7-8-34-14-18)3-5-20(21)25(32)30-26(22)33/h3-11,14-16,28-29H,12-13H2,1-2H3,(H,30,32,33)/t15-,16+. The summed E-state index contributed by atoms with van der Waals surface area (Å²) in [5.41, 5.74) is 3.88. The molecule has 5 rings (SSSR count). The van der Waals surface area contributed by atoms with Crippen molar-refractivity contribution in [3.63, 3.8) is 0 Å². The molecule has 3 aromatic rings. The second-order valence-electron chi connectivity index (χ2n) is 8.80. The Morgan fingerprint density at radius 3 is 2.50 bits per heavy atom. The second kappa shape index (κ2) is 8.79. The van der Waals surface area contributed by atoms with E-state index in [1.807, 2.05) is 4.90 Å². The first-order valence-corrected chi connectivity index (χ1v) is 11.2. The van der Waals surface area contributed by atoms with Crippen LogP contribution in [0.5, 0.6) is 0 Å². The summed E-state index contributed by atoms with van der Waals surface area (Å²) in [4.78, 5) is 27.0. The SMILES string of the molecule is C[C@@H]1CN(c2ccc(NC=C3C(=O)NC(=O)c4ccc(-c5ccoc5)cc43)cc2F)C[C@H](C)N1. The summed E-state index contributed by atoms with van der Waals surface area (Å²) in [5, 5.41) is 8.82. The molecule has 0 unspecified atom stereocenters. The molecule has 34 heavy (non-hydrogen) atoms. The molecule has 0 saturated carbocycles. The van der Waals surface area contributed by atoms with Gasteiger partial charge in [0.1, 0.15) is 5.82 Å². The Bertz CT molecular complexity index is 1280. The number of nitrogens with zero attached hydrogens (tertiary/aromatic N) is 1. The van der Waals surface area contributed by atoms with Gasteiger partial charge in [-0.3, -0.25) is 14.9 Å². The van der Waals surface area contributed by atoms with Gasteiger partial charge in [-0.1, -0.05) is 6.07 Å². The third-order valence-corrected chi connectivity index (χ3v) is 6.11. The Labute approximate surface area is 196 Å². The van der Waals surface area contributed by atoms with Crippen LogP contribution >= 0.6 is 0 Å². The van der Waals surface area contributed by atoms with Crippen LogP contribution in [0.25, 0.3) is 16.7 Å². The van der Waals surface area contributed by atoms with Crippen LogP contribution in [-0.2, 0) is 4.79 Å². The van der Waals surface area contributed by atoms with Gasteiger partial charge in [0, 0.05) is 53.8 Å². The van der Waals surface area contributed by atoms with Gasteiger partial charge in [0.15, 0.2) is 0 Å². The lowest BCUT2D eigenvalue weighted by Gasteiger charge is -2.37. The molecule has 0 radical (unpaired) electrons. The van der Waals surface area contributed by atoms with E-state index in [4.69, 9.17) is 4.42 Å². The van der Waals surface area contributed by atoms with E-state index in [2.05, 4.69) is 29.8 Å². The summed E-state index contributed by atoms with van der Waals surface area (Å²) >= 11 is 0. The highest BCUT2D eigenvalue weighted by atomic mass is 19.1. The molecule has 2 aliphatic heterocycles. The molecule has 174 valence electrons. The molecule has 7 nitrogen and oxygen atoms in total. The number of carbonyl (C=O) groups is 2. The van der Waals surface area contributed by atoms with Crippen LogP contribution in [0.3, 0.4) is 0 Å². The van der Waals surface area contributed by atoms with Crippen LogP contribution in [0.1, 0.15) is 29.8 Å². The molecule has 2 aromatic carbocycles. The summed E-state index contributed by atoms with van der Waals surface area (Å²) in [5.74, 6) is -1.31. The van der Waals surface area contributed by atoms with Crippen LogP contribution < -0.4 is 20.9 Å². The normalized spacial score (nSPS) is 21.4. The maximum atomic E-state index is 15.0. The van der Waals surface area contributed by atoms with E-state index in [9.17, 15) is 14.0 Å². The number of halogens is 1. The quantitative estimate of drug-likeness (QED) is 0.403. The summed E-state index contributed by atoms with van der Waals surface area (Å²) in [6, 6.07) is 12.5. The first kappa shape index (κ1) is 21.9. The Morgan fingerprint density at radius 1 is 1.00 bits per heavy atom. The van der Waals surface area contributed by atoms with Crippen LogP contribution in [0.2, 0.25) is 0 Å². The zero-order chi connectivity index (χ0) is 23.8. The van der Waals surface area contributed by atoms with Crippen LogP contribution in [-0.4, -0.2) is 37.0 Å². The van der Waals surface area contributed by atoms with Crippen molar-refractivity contribution in [2.45, 2.75) is 25.9 Å².